The quantitative estimate of drug-likeness (QED) is 0.483. The molecule has 0 unspecified atom stereocenters. The Labute approximate surface area is 187 Å². The number of carbonyl (C=O) groups excluding carboxylic acids is 1. The van der Waals surface area contributed by atoms with Crippen LogP contribution in [0.5, 0.6) is 5.75 Å². The maximum absolute atomic E-state index is 13.5. The summed E-state index contributed by atoms with van der Waals surface area (Å²) in [5.74, 6) is 0.452. The first-order valence-electron chi connectivity index (χ1n) is 10.1. The van der Waals surface area contributed by atoms with Crippen LogP contribution in [-0.2, 0) is 9.84 Å². The molecule has 31 heavy (non-hydrogen) atoms. The molecule has 1 amide bonds. The lowest BCUT2D eigenvalue weighted by Gasteiger charge is -2.24. The van der Waals surface area contributed by atoms with Gasteiger partial charge in [-0.15, -0.1) is 0 Å². The van der Waals surface area contributed by atoms with Crippen LogP contribution in [0.2, 0.25) is 0 Å². The molecule has 0 N–H and O–H groups in total. The summed E-state index contributed by atoms with van der Waals surface area (Å²) < 4.78 is 30.1. The molecule has 0 radical (unpaired) electrons. The van der Waals surface area contributed by atoms with E-state index in [4.69, 9.17) is 4.74 Å². The van der Waals surface area contributed by atoms with Crippen molar-refractivity contribution in [2.24, 2.45) is 0 Å². The third kappa shape index (κ3) is 5.41. The molecule has 0 aliphatic heterocycles. The largest absolute Gasteiger partial charge is 0.497 e. The zero-order valence-corrected chi connectivity index (χ0v) is 19.8. The summed E-state index contributed by atoms with van der Waals surface area (Å²) in [6, 6.07) is 11.8. The molecule has 0 bridgehead atoms. The van der Waals surface area contributed by atoms with Gasteiger partial charge in [0.2, 0.25) is 0 Å². The van der Waals surface area contributed by atoms with E-state index in [1.165, 1.54) is 23.5 Å². The van der Waals surface area contributed by atoms with Crippen molar-refractivity contribution in [2.45, 2.75) is 18.7 Å². The van der Waals surface area contributed by atoms with Crippen LogP contribution in [0.1, 0.15) is 24.2 Å². The summed E-state index contributed by atoms with van der Waals surface area (Å²) >= 11 is 1.41. The Morgan fingerprint density at radius 3 is 2.48 bits per heavy atom. The highest BCUT2D eigenvalue weighted by Gasteiger charge is 2.23. The lowest BCUT2D eigenvalue weighted by molar-refractivity contribution is 0.0983. The summed E-state index contributed by atoms with van der Waals surface area (Å²) in [7, 11) is -1.81. The maximum atomic E-state index is 13.5. The van der Waals surface area contributed by atoms with E-state index in [1.54, 1.807) is 24.1 Å². The number of hydrogen-bond donors (Lipinski definition) is 0. The summed E-state index contributed by atoms with van der Waals surface area (Å²) in [5, 5.41) is 0.574. The Kier molecular flexibility index (Phi) is 7.30. The van der Waals surface area contributed by atoms with Gasteiger partial charge in [0.15, 0.2) is 15.0 Å². The van der Waals surface area contributed by atoms with Gasteiger partial charge in [-0.2, -0.15) is 0 Å². The number of fused-ring (bicyclic) bond motifs is 1. The minimum Gasteiger partial charge on any atom is -0.497 e. The van der Waals surface area contributed by atoms with Gasteiger partial charge in [0, 0.05) is 24.9 Å². The summed E-state index contributed by atoms with van der Waals surface area (Å²) in [5.41, 5.74) is 1.10. The lowest BCUT2D eigenvalue weighted by Crippen LogP contribution is -2.38. The van der Waals surface area contributed by atoms with Crippen LogP contribution in [-0.4, -0.2) is 63.8 Å². The molecule has 3 aromatic rings. The van der Waals surface area contributed by atoms with Crippen molar-refractivity contribution in [2.75, 3.05) is 44.4 Å². The number of anilines is 1. The summed E-state index contributed by atoms with van der Waals surface area (Å²) in [4.78, 5) is 22.1. The monoisotopic (exact) mass is 461 g/mol. The van der Waals surface area contributed by atoms with Crippen LogP contribution in [0.25, 0.3) is 10.2 Å². The average Bonchev–Trinajstić information content (AvgIpc) is 3.18. The number of likely N-dealkylation sites (N-methyl/N-ethyl adjacent to an activating group) is 1. The fourth-order valence-electron chi connectivity index (χ4n) is 3.22. The van der Waals surface area contributed by atoms with Crippen molar-refractivity contribution in [3.8, 4) is 5.75 Å². The van der Waals surface area contributed by atoms with Crippen molar-refractivity contribution < 1.29 is 17.9 Å². The number of aromatic nitrogens is 1. The smallest absolute Gasteiger partial charge is 0.260 e. The fourth-order valence-corrected chi connectivity index (χ4v) is 4.90. The molecule has 0 aliphatic carbocycles. The molecule has 0 saturated carbocycles. The highest BCUT2D eigenvalue weighted by Crippen LogP contribution is 2.32. The van der Waals surface area contributed by atoms with E-state index in [1.807, 2.05) is 18.2 Å². The predicted molar refractivity (Wildman–Crippen MR) is 125 cm³/mol. The normalized spacial score (nSPS) is 11.8. The van der Waals surface area contributed by atoms with Crippen LogP contribution in [0, 0.1) is 0 Å². The minimum absolute atomic E-state index is 0.121. The van der Waals surface area contributed by atoms with Gasteiger partial charge < -0.3 is 9.64 Å². The van der Waals surface area contributed by atoms with Crippen LogP contribution in [0.3, 0.4) is 0 Å². The van der Waals surface area contributed by atoms with E-state index in [9.17, 15) is 13.2 Å². The van der Waals surface area contributed by atoms with Crippen LogP contribution >= 0.6 is 11.3 Å². The molecule has 0 fully saturated rings. The number of methoxy groups -OCH3 is 1. The second kappa shape index (κ2) is 9.76. The number of ether oxygens (including phenoxy) is 1. The number of nitrogens with zero attached hydrogens (tertiary/aromatic N) is 3. The summed E-state index contributed by atoms with van der Waals surface area (Å²) in [6.45, 7) is 7.03. The Morgan fingerprint density at radius 2 is 1.84 bits per heavy atom. The van der Waals surface area contributed by atoms with E-state index in [0.29, 0.717) is 23.8 Å². The Morgan fingerprint density at radius 1 is 1.10 bits per heavy atom. The molecular formula is C22H27N3O4S2. The molecule has 0 aliphatic rings. The molecule has 9 heteroatoms. The highest BCUT2D eigenvalue weighted by atomic mass is 32.2. The highest BCUT2D eigenvalue weighted by molar-refractivity contribution is 7.90. The second-order valence-electron chi connectivity index (χ2n) is 7.11. The molecule has 0 atom stereocenters. The van der Waals surface area contributed by atoms with Gasteiger partial charge in [0.25, 0.3) is 5.91 Å². The lowest BCUT2D eigenvalue weighted by atomic mass is 10.2. The van der Waals surface area contributed by atoms with Crippen molar-refractivity contribution in [1.29, 1.82) is 0 Å². The van der Waals surface area contributed by atoms with Crippen LogP contribution < -0.4 is 9.64 Å². The first kappa shape index (κ1) is 23.2. The van der Waals surface area contributed by atoms with Gasteiger partial charge in [-0.05, 0) is 49.5 Å². The molecule has 0 saturated heterocycles. The zero-order valence-electron chi connectivity index (χ0n) is 18.2. The molecule has 0 spiro atoms. The van der Waals surface area contributed by atoms with Crippen LogP contribution in [0.4, 0.5) is 5.13 Å². The number of thiazole rings is 1. The Hall–Kier alpha value is -2.49. The third-order valence-corrected chi connectivity index (χ3v) is 7.26. The van der Waals surface area contributed by atoms with Gasteiger partial charge in [-0.25, -0.2) is 13.4 Å². The maximum Gasteiger partial charge on any atom is 0.260 e. The number of benzene rings is 2. The molecule has 3 rings (SSSR count). The van der Waals surface area contributed by atoms with E-state index in [-0.39, 0.29) is 10.8 Å². The minimum atomic E-state index is -3.42. The molecular weight excluding hydrogens is 434 g/mol. The van der Waals surface area contributed by atoms with E-state index in [2.05, 4.69) is 23.7 Å². The fraction of sp³-hybridized carbons (Fsp3) is 0.364. The Balaban J connectivity index is 2.01. The van der Waals surface area contributed by atoms with Gasteiger partial charge in [-0.1, -0.05) is 31.3 Å². The van der Waals surface area contributed by atoms with Crippen molar-refractivity contribution in [3.63, 3.8) is 0 Å². The first-order valence-corrected chi connectivity index (χ1v) is 12.8. The van der Waals surface area contributed by atoms with Crippen molar-refractivity contribution in [3.05, 3.63) is 48.0 Å². The van der Waals surface area contributed by atoms with E-state index >= 15 is 0 Å². The number of hydrogen-bond acceptors (Lipinski definition) is 7. The standard InChI is InChI=1S/C22H27N3O4S2/c1-5-24(6-2)12-13-25(21(26)16-8-7-9-18(14-16)31(4,27)28)22-23-19-11-10-17(29-3)15-20(19)30-22/h7-11,14-15H,5-6,12-13H2,1-4H3. The number of rotatable bonds is 9. The van der Waals surface area contributed by atoms with Gasteiger partial charge in [0.1, 0.15) is 5.75 Å². The van der Waals surface area contributed by atoms with E-state index in [0.717, 1.165) is 35.3 Å². The SMILES string of the molecule is CCN(CC)CCN(C(=O)c1cccc(S(C)(=O)=O)c1)c1nc2ccc(OC)cc2s1. The van der Waals surface area contributed by atoms with Gasteiger partial charge in [-0.3, -0.25) is 9.69 Å². The Bertz CT molecular complexity index is 1170. The molecule has 166 valence electrons. The topological polar surface area (TPSA) is 79.8 Å². The third-order valence-electron chi connectivity index (χ3n) is 5.10. The number of carbonyl (C=O) groups is 1. The molecule has 2 aromatic carbocycles. The van der Waals surface area contributed by atoms with Gasteiger partial charge >= 0.3 is 0 Å². The predicted octanol–water partition coefficient (Wildman–Crippen LogP) is 3.70. The van der Waals surface area contributed by atoms with E-state index < -0.39 is 9.84 Å². The van der Waals surface area contributed by atoms with Crippen molar-refractivity contribution >= 4 is 42.4 Å². The van der Waals surface area contributed by atoms with Crippen molar-refractivity contribution in [1.82, 2.24) is 9.88 Å². The summed E-state index contributed by atoms with van der Waals surface area (Å²) in [6.07, 6.45) is 1.13. The molecule has 7 nitrogen and oxygen atoms in total. The zero-order chi connectivity index (χ0) is 22.6. The number of amides is 1. The first-order chi connectivity index (χ1) is 14.8. The van der Waals surface area contributed by atoms with Crippen LogP contribution in [0.15, 0.2) is 47.4 Å². The second-order valence-corrected chi connectivity index (χ2v) is 10.1. The molecule has 1 heterocycles. The molecule has 1 aromatic heterocycles. The average molecular weight is 462 g/mol. The van der Waals surface area contributed by atoms with Gasteiger partial charge in [0.05, 0.1) is 22.2 Å². The number of sulfone groups is 1.